The Kier molecular flexibility index (Phi) is 5.83. The number of aryl methyl sites for hydroxylation is 2. The number of para-hydroxylation sites is 2. The summed E-state index contributed by atoms with van der Waals surface area (Å²) in [6.07, 6.45) is 1.86. The van der Waals surface area contributed by atoms with Crippen molar-refractivity contribution in [1.29, 1.82) is 0 Å². The Bertz CT molecular complexity index is 626. The number of methoxy groups -OCH3 is 1. The summed E-state index contributed by atoms with van der Waals surface area (Å²) in [5.41, 5.74) is 3.23. The molecule has 0 aliphatic carbocycles. The fourth-order valence-corrected chi connectivity index (χ4v) is 2.28. The summed E-state index contributed by atoms with van der Waals surface area (Å²) in [6.45, 7) is 2.72. The first-order chi connectivity index (χ1) is 10.7. The molecule has 0 radical (unpaired) electrons. The zero-order valence-corrected chi connectivity index (χ0v) is 13.1. The van der Waals surface area contributed by atoms with Crippen molar-refractivity contribution in [3.8, 4) is 5.75 Å². The number of carbonyl (C=O) groups excluding carboxylic acids is 1. The van der Waals surface area contributed by atoms with E-state index < -0.39 is 0 Å². The van der Waals surface area contributed by atoms with Gasteiger partial charge in [0.05, 0.1) is 12.8 Å². The number of hydrogen-bond donors (Lipinski definition) is 2. The molecule has 2 rings (SSSR count). The number of benzene rings is 2. The van der Waals surface area contributed by atoms with Crippen molar-refractivity contribution in [3.05, 3.63) is 59.7 Å². The molecule has 0 aromatic heterocycles. The van der Waals surface area contributed by atoms with Gasteiger partial charge in [0, 0.05) is 6.54 Å². The SMILES string of the molecule is COc1ccccc1NC(=O)NCCCc1cccc(C)c1. The fraction of sp³-hybridized carbons (Fsp3) is 0.278. The van der Waals surface area contributed by atoms with E-state index in [-0.39, 0.29) is 6.03 Å². The number of urea groups is 1. The second-order valence-electron chi connectivity index (χ2n) is 5.17. The molecule has 0 bridgehead atoms. The zero-order chi connectivity index (χ0) is 15.8. The van der Waals surface area contributed by atoms with Gasteiger partial charge in [-0.15, -0.1) is 0 Å². The minimum Gasteiger partial charge on any atom is -0.495 e. The Morgan fingerprint density at radius 3 is 2.73 bits per heavy atom. The first kappa shape index (κ1) is 15.9. The maximum atomic E-state index is 11.9. The highest BCUT2D eigenvalue weighted by molar-refractivity contribution is 5.90. The van der Waals surface area contributed by atoms with Gasteiger partial charge in [-0.25, -0.2) is 4.79 Å². The monoisotopic (exact) mass is 298 g/mol. The molecule has 22 heavy (non-hydrogen) atoms. The Morgan fingerprint density at radius 1 is 1.14 bits per heavy atom. The van der Waals surface area contributed by atoms with Gasteiger partial charge in [0.2, 0.25) is 0 Å². The maximum Gasteiger partial charge on any atom is 0.319 e. The van der Waals surface area contributed by atoms with E-state index in [2.05, 4.69) is 41.8 Å². The molecule has 0 atom stereocenters. The topological polar surface area (TPSA) is 50.4 Å². The molecule has 0 aliphatic rings. The molecule has 0 saturated heterocycles. The Labute approximate surface area is 131 Å². The number of anilines is 1. The average molecular weight is 298 g/mol. The van der Waals surface area contributed by atoms with E-state index >= 15 is 0 Å². The summed E-state index contributed by atoms with van der Waals surface area (Å²) in [7, 11) is 1.58. The number of carbonyl (C=O) groups is 1. The normalized spacial score (nSPS) is 10.1. The summed E-state index contributed by atoms with van der Waals surface area (Å²) in [4.78, 5) is 11.9. The van der Waals surface area contributed by atoms with E-state index in [9.17, 15) is 4.79 Å². The standard InChI is InChI=1S/C18H22N2O2/c1-14-7-5-8-15(13-14)9-6-12-19-18(21)20-16-10-3-4-11-17(16)22-2/h3-5,7-8,10-11,13H,6,9,12H2,1-2H3,(H2,19,20,21). The van der Waals surface area contributed by atoms with E-state index in [0.29, 0.717) is 18.0 Å². The highest BCUT2D eigenvalue weighted by Crippen LogP contribution is 2.22. The molecule has 2 N–H and O–H groups in total. The number of nitrogens with one attached hydrogen (secondary N) is 2. The van der Waals surface area contributed by atoms with Crippen LogP contribution in [0, 0.1) is 6.92 Å². The minimum atomic E-state index is -0.214. The predicted molar refractivity (Wildman–Crippen MR) is 89.5 cm³/mol. The van der Waals surface area contributed by atoms with Crippen molar-refractivity contribution in [2.45, 2.75) is 19.8 Å². The third kappa shape index (κ3) is 4.81. The highest BCUT2D eigenvalue weighted by atomic mass is 16.5. The van der Waals surface area contributed by atoms with Crippen molar-refractivity contribution in [3.63, 3.8) is 0 Å². The number of hydrogen-bond acceptors (Lipinski definition) is 2. The van der Waals surface area contributed by atoms with Gasteiger partial charge in [0.15, 0.2) is 0 Å². The highest BCUT2D eigenvalue weighted by Gasteiger charge is 2.05. The summed E-state index contributed by atoms with van der Waals surface area (Å²) >= 11 is 0. The van der Waals surface area contributed by atoms with E-state index in [1.54, 1.807) is 7.11 Å². The molecular formula is C18H22N2O2. The van der Waals surface area contributed by atoms with Crippen LogP contribution in [0.3, 0.4) is 0 Å². The molecule has 0 saturated carbocycles. The van der Waals surface area contributed by atoms with Crippen LogP contribution in [-0.4, -0.2) is 19.7 Å². The summed E-state index contributed by atoms with van der Waals surface area (Å²) < 4.78 is 5.20. The molecule has 0 spiro atoms. The van der Waals surface area contributed by atoms with Crippen LogP contribution in [0.15, 0.2) is 48.5 Å². The molecule has 2 aromatic rings. The van der Waals surface area contributed by atoms with Crippen molar-refractivity contribution in [2.75, 3.05) is 19.0 Å². The molecular weight excluding hydrogens is 276 g/mol. The smallest absolute Gasteiger partial charge is 0.319 e. The van der Waals surface area contributed by atoms with Gasteiger partial charge in [0.25, 0.3) is 0 Å². The molecule has 2 amide bonds. The lowest BCUT2D eigenvalue weighted by molar-refractivity contribution is 0.252. The lowest BCUT2D eigenvalue weighted by atomic mass is 10.1. The van der Waals surface area contributed by atoms with Gasteiger partial charge in [-0.3, -0.25) is 0 Å². The summed E-state index contributed by atoms with van der Waals surface area (Å²) in [5.74, 6) is 0.650. The van der Waals surface area contributed by atoms with E-state index in [0.717, 1.165) is 12.8 Å². The molecule has 2 aromatic carbocycles. The van der Waals surface area contributed by atoms with Crippen molar-refractivity contribution in [2.24, 2.45) is 0 Å². The van der Waals surface area contributed by atoms with Gasteiger partial charge >= 0.3 is 6.03 Å². The van der Waals surface area contributed by atoms with Crippen LogP contribution in [0.5, 0.6) is 5.75 Å². The number of amides is 2. The van der Waals surface area contributed by atoms with Gasteiger partial charge in [-0.2, -0.15) is 0 Å². The van der Waals surface area contributed by atoms with E-state index in [4.69, 9.17) is 4.74 Å². The molecule has 116 valence electrons. The van der Waals surface area contributed by atoms with Crippen LogP contribution in [0.1, 0.15) is 17.5 Å². The number of ether oxygens (including phenoxy) is 1. The third-order valence-electron chi connectivity index (χ3n) is 3.37. The number of rotatable bonds is 6. The quantitative estimate of drug-likeness (QED) is 0.798. The maximum absolute atomic E-state index is 11.9. The Balaban J connectivity index is 1.74. The van der Waals surface area contributed by atoms with Crippen molar-refractivity contribution >= 4 is 11.7 Å². The van der Waals surface area contributed by atoms with Gasteiger partial charge in [0.1, 0.15) is 5.75 Å². The largest absolute Gasteiger partial charge is 0.495 e. The zero-order valence-electron chi connectivity index (χ0n) is 13.1. The van der Waals surface area contributed by atoms with Crippen LogP contribution in [0.25, 0.3) is 0 Å². The van der Waals surface area contributed by atoms with Crippen molar-refractivity contribution < 1.29 is 9.53 Å². The Morgan fingerprint density at radius 2 is 1.95 bits per heavy atom. The second-order valence-corrected chi connectivity index (χ2v) is 5.17. The summed E-state index contributed by atoms with van der Waals surface area (Å²) in [6, 6.07) is 15.6. The van der Waals surface area contributed by atoms with E-state index in [1.807, 2.05) is 24.3 Å². The van der Waals surface area contributed by atoms with Crippen LogP contribution in [0.4, 0.5) is 10.5 Å². The first-order valence-corrected chi connectivity index (χ1v) is 7.42. The van der Waals surface area contributed by atoms with Crippen molar-refractivity contribution in [1.82, 2.24) is 5.32 Å². The third-order valence-corrected chi connectivity index (χ3v) is 3.37. The molecule has 0 fully saturated rings. The lowest BCUT2D eigenvalue weighted by Crippen LogP contribution is -2.29. The molecule has 4 heteroatoms. The van der Waals surface area contributed by atoms with Crippen LogP contribution < -0.4 is 15.4 Å². The lowest BCUT2D eigenvalue weighted by Gasteiger charge is -2.11. The van der Waals surface area contributed by atoms with Gasteiger partial charge in [-0.05, 0) is 37.5 Å². The average Bonchev–Trinajstić information content (AvgIpc) is 2.52. The first-order valence-electron chi connectivity index (χ1n) is 7.42. The molecule has 0 aliphatic heterocycles. The fourth-order valence-electron chi connectivity index (χ4n) is 2.28. The second kappa shape index (κ2) is 8.08. The Hall–Kier alpha value is -2.49. The minimum absolute atomic E-state index is 0.214. The molecule has 0 unspecified atom stereocenters. The van der Waals surface area contributed by atoms with E-state index in [1.165, 1.54) is 11.1 Å². The predicted octanol–water partition coefficient (Wildman–Crippen LogP) is 3.76. The molecule has 4 nitrogen and oxygen atoms in total. The van der Waals surface area contributed by atoms with Crippen LogP contribution in [-0.2, 0) is 6.42 Å². The van der Waals surface area contributed by atoms with Gasteiger partial charge < -0.3 is 15.4 Å². The van der Waals surface area contributed by atoms with Crippen LogP contribution in [0.2, 0.25) is 0 Å². The van der Waals surface area contributed by atoms with Crippen LogP contribution >= 0.6 is 0 Å². The summed E-state index contributed by atoms with van der Waals surface area (Å²) in [5, 5.41) is 5.66. The van der Waals surface area contributed by atoms with Gasteiger partial charge in [-0.1, -0.05) is 42.0 Å². The molecule has 0 heterocycles.